The van der Waals surface area contributed by atoms with Crippen molar-refractivity contribution in [3.05, 3.63) is 52.7 Å². The monoisotopic (exact) mass is 298 g/mol. The Hall–Kier alpha value is -2.13. The first-order chi connectivity index (χ1) is 10.1. The quantitative estimate of drug-likeness (QED) is 0.695. The van der Waals surface area contributed by atoms with Gasteiger partial charge in [0.25, 0.3) is 0 Å². The Labute approximate surface area is 128 Å². The molecule has 3 rings (SSSR count). The lowest BCUT2D eigenvalue weighted by molar-refractivity contribution is 0.415. The molecule has 0 aliphatic heterocycles. The average Bonchev–Trinajstić information content (AvgIpc) is 2.48. The maximum absolute atomic E-state index is 6.15. The van der Waals surface area contributed by atoms with E-state index >= 15 is 0 Å². The molecule has 0 aliphatic carbocycles. The van der Waals surface area contributed by atoms with Gasteiger partial charge in [0.15, 0.2) is 5.15 Å². The van der Waals surface area contributed by atoms with Crippen LogP contribution in [0.1, 0.15) is 11.1 Å². The van der Waals surface area contributed by atoms with Gasteiger partial charge in [-0.3, -0.25) is 0 Å². The molecule has 3 aromatic rings. The van der Waals surface area contributed by atoms with Crippen molar-refractivity contribution in [1.82, 2.24) is 10.2 Å². The Balaban J connectivity index is 2.39. The molecule has 1 aromatic heterocycles. The highest BCUT2D eigenvalue weighted by Crippen LogP contribution is 2.37. The molecule has 2 aromatic carbocycles. The molecule has 0 bridgehead atoms. The molecule has 0 unspecified atom stereocenters. The number of methoxy groups -OCH3 is 1. The molecule has 0 saturated heterocycles. The predicted molar refractivity (Wildman–Crippen MR) is 86.0 cm³/mol. The van der Waals surface area contributed by atoms with E-state index in [9.17, 15) is 0 Å². The second kappa shape index (κ2) is 5.34. The number of hydrogen-bond donors (Lipinski definition) is 0. The molecule has 0 amide bonds. The van der Waals surface area contributed by atoms with Gasteiger partial charge >= 0.3 is 0 Å². The molecule has 0 spiro atoms. The fourth-order valence-corrected chi connectivity index (χ4v) is 2.85. The van der Waals surface area contributed by atoms with Gasteiger partial charge in [0.05, 0.1) is 7.11 Å². The molecule has 0 aliphatic rings. The fourth-order valence-electron chi connectivity index (χ4n) is 2.65. The number of fused-ring (bicyclic) bond motifs is 1. The zero-order valence-electron chi connectivity index (χ0n) is 12.1. The largest absolute Gasteiger partial charge is 0.496 e. The average molecular weight is 299 g/mol. The molecule has 4 heteroatoms. The minimum atomic E-state index is 0.415. The van der Waals surface area contributed by atoms with Crippen LogP contribution in [0.3, 0.4) is 0 Å². The van der Waals surface area contributed by atoms with E-state index < -0.39 is 0 Å². The summed E-state index contributed by atoms with van der Waals surface area (Å²) in [6.07, 6.45) is 0. The molecule has 106 valence electrons. The number of hydrogen-bond acceptors (Lipinski definition) is 3. The van der Waals surface area contributed by atoms with E-state index in [1.807, 2.05) is 37.3 Å². The van der Waals surface area contributed by atoms with Crippen LogP contribution in [0.4, 0.5) is 0 Å². The number of nitrogens with zero attached hydrogens (tertiary/aromatic N) is 2. The third-order valence-corrected chi connectivity index (χ3v) is 3.82. The van der Waals surface area contributed by atoms with Crippen molar-refractivity contribution < 1.29 is 4.74 Å². The summed E-state index contributed by atoms with van der Waals surface area (Å²) >= 11 is 6.15. The van der Waals surface area contributed by atoms with Gasteiger partial charge in [-0.05, 0) is 31.0 Å². The molecule has 3 nitrogen and oxygen atoms in total. The van der Waals surface area contributed by atoms with Crippen molar-refractivity contribution in [1.29, 1.82) is 0 Å². The van der Waals surface area contributed by atoms with Gasteiger partial charge < -0.3 is 4.74 Å². The van der Waals surface area contributed by atoms with Crippen LogP contribution in [0.15, 0.2) is 36.4 Å². The molecule has 0 atom stereocenters. The third kappa shape index (κ3) is 2.34. The predicted octanol–water partition coefficient (Wildman–Crippen LogP) is 4.58. The molecule has 1 heterocycles. The Morgan fingerprint density at radius 1 is 1.00 bits per heavy atom. The van der Waals surface area contributed by atoms with E-state index in [4.69, 9.17) is 16.3 Å². The minimum absolute atomic E-state index is 0.415. The normalized spacial score (nSPS) is 10.9. The van der Waals surface area contributed by atoms with E-state index in [0.29, 0.717) is 5.15 Å². The number of aromatic nitrogens is 2. The summed E-state index contributed by atoms with van der Waals surface area (Å²) in [6, 6.07) is 12.0. The van der Waals surface area contributed by atoms with E-state index in [2.05, 4.69) is 23.2 Å². The number of benzene rings is 2. The van der Waals surface area contributed by atoms with Crippen LogP contribution in [-0.4, -0.2) is 17.3 Å². The van der Waals surface area contributed by atoms with E-state index in [-0.39, 0.29) is 0 Å². The van der Waals surface area contributed by atoms with Gasteiger partial charge in [-0.2, -0.15) is 0 Å². The van der Waals surface area contributed by atoms with Crippen LogP contribution < -0.4 is 4.74 Å². The lowest BCUT2D eigenvalue weighted by Crippen LogP contribution is -1.97. The number of ether oxygens (including phenoxy) is 1. The van der Waals surface area contributed by atoms with Gasteiger partial charge in [0.2, 0.25) is 0 Å². The summed E-state index contributed by atoms with van der Waals surface area (Å²) in [7, 11) is 1.67. The lowest BCUT2D eigenvalue weighted by Gasteiger charge is -2.14. The van der Waals surface area contributed by atoms with E-state index in [1.165, 1.54) is 0 Å². The molecule has 0 radical (unpaired) electrons. The SMILES string of the molecule is COc1cc(C)cc(C)c1-c1nnc(Cl)c2ccccc12. The first-order valence-corrected chi connectivity index (χ1v) is 7.06. The maximum Gasteiger partial charge on any atom is 0.159 e. The summed E-state index contributed by atoms with van der Waals surface area (Å²) in [6.45, 7) is 4.10. The topological polar surface area (TPSA) is 35.0 Å². The van der Waals surface area contributed by atoms with Crippen molar-refractivity contribution in [2.24, 2.45) is 0 Å². The summed E-state index contributed by atoms with van der Waals surface area (Å²) in [5, 5.41) is 10.7. The van der Waals surface area contributed by atoms with Crippen LogP contribution in [0.2, 0.25) is 5.15 Å². The molecular weight excluding hydrogens is 284 g/mol. The van der Waals surface area contributed by atoms with Crippen molar-refractivity contribution in [2.45, 2.75) is 13.8 Å². The Morgan fingerprint density at radius 3 is 2.43 bits per heavy atom. The van der Waals surface area contributed by atoms with Crippen LogP contribution in [0.25, 0.3) is 22.0 Å². The summed E-state index contributed by atoms with van der Waals surface area (Å²) < 4.78 is 5.54. The Morgan fingerprint density at radius 2 is 1.71 bits per heavy atom. The van der Waals surface area contributed by atoms with Crippen molar-refractivity contribution in [2.75, 3.05) is 7.11 Å². The Bertz CT molecular complexity index is 830. The van der Waals surface area contributed by atoms with E-state index in [1.54, 1.807) is 7.11 Å². The second-order valence-electron chi connectivity index (χ2n) is 5.04. The molecule has 0 fully saturated rings. The first kappa shape index (κ1) is 13.8. The van der Waals surface area contributed by atoms with Crippen molar-refractivity contribution >= 4 is 22.4 Å². The van der Waals surface area contributed by atoms with Crippen LogP contribution in [0, 0.1) is 13.8 Å². The minimum Gasteiger partial charge on any atom is -0.496 e. The lowest BCUT2D eigenvalue weighted by atomic mass is 9.98. The first-order valence-electron chi connectivity index (χ1n) is 6.68. The van der Waals surface area contributed by atoms with Gasteiger partial charge in [-0.25, -0.2) is 0 Å². The van der Waals surface area contributed by atoms with Crippen LogP contribution >= 0.6 is 11.6 Å². The van der Waals surface area contributed by atoms with Crippen LogP contribution in [-0.2, 0) is 0 Å². The van der Waals surface area contributed by atoms with E-state index in [0.717, 1.165) is 38.9 Å². The standard InChI is InChI=1S/C17H15ClN2O/c1-10-8-11(2)15(14(9-10)21-3)16-12-6-4-5-7-13(12)17(18)20-19-16/h4-9H,1-3H3. The fraction of sp³-hybridized carbons (Fsp3) is 0.176. The molecular formula is C17H15ClN2O. The zero-order valence-corrected chi connectivity index (χ0v) is 12.9. The van der Waals surface area contributed by atoms with Crippen LogP contribution in [0.5, 0.6) is 5.75 Å². The molecule has 0 N–H and O–H groups in total. The smallest absolute Gasteiger partial charge is 0.159 e. The summed E-state index contributed by atoms with van der Waals surface area (Å²) in [4.78, 5) is 0. The van der Waals surface area contributed by atoms with Crippen molar-refractivity contribution in [3.63, 3.8) is 0 Å². The van der Waals surface area contributed by atoms with Gasteiger partial charge in [0.1, 0.15) is 11.4 Å². The van der Waals surface area contributed by atoms with Gasteiger partial charge in [-0.15, -0.1) is 10.2 Å². The number of halogens is 1. The number of aryl methyl sites for hydroxylation is 2. The maximum atomic E-state index is 6.15. The highest BCUT2D eigenvalue weighted by molar-refractivity contribution is 6.34. The Kier molecular flexibility index (Phi) is 3.52. The van der Waals surface area contributed by atoms with Gasteiger partial charge in [-0.1, -0.05) is 41.9 Å². The third-order valence-electron chi connectivity index (χ3n) is 3.54. The highest BCUT2D eigenvalue weighted by atomic mass is 35.5. The zero-order chi connectivity index (χ0) is 15.0. The van der Waals surface area contributed by atoms with Crippen molar-refractivity contribution in [3.8, 4) is 17.0 Å². The summed E-state index contributed by atoms with van der Waals surface area (Å²) in [5.74, 6) is 0.800. The summed E-state index contributed by atoms with van der Waals surface area (Å²) in [5.41, 5.74) is 4.01. The van der Waals surface area contributed by atoms with Gasteiger partial charge in [0, 0.05) is 16.3 Å². The second-order valence-corrected chi connectivity index (χ2v) is 5.40. The molecule has 21 heavy (non-hydrogen) atoms. The highest BCUT2D eigenvalue weighted by Gasteiger charge is 2.16. The number of rotatable bonds is 2. The molecule has 0 saturated carbocycles.